The normalized spacial score (nSPS) is 13.0. The standard InChI is InChI=1S/C32H53F3N2O/c1-2-3-4-5-6-7-8-9-10-11-12-13-14-15-16-17-18-19-20-21-22-28-23-24-30-29(25-28)26-36-37(30)27-31(38)32(33,34)35/h23-26,31,38H,2-22,27H2,1H3/t31-/m0/s1. The third-order valence-electron chi connectivity index (χ3n) is 7.75. The van der Waals surface area contributed by atoms with Crippen molar-refractivity contribution in [2.45, 2.75) is 161 Å². The first-order valence-electron chi connectivity index (χ1n) is 15.6. The Labute approximate surface area is 229 Å². The molecule has 0 unspecified atom stereocenters. The molecule has 0 radical (unpaired) electrons. The zero-order chi connectivity index (χ0) is 27.5. The van der Waals surface area contributed by atoms with Crippen LogP contribution >= 0.6 is 0 Å². The van der Waals surface area contributed by atoms with Gasteiger partial charge in [-0.2, -0.15) is 18.3 Å². The van der Waals surface area contributed by atoms with E-state index in [4.69, 9.17) is 0 Å². The fraction of sp³-hybridized carbons (Fsp3) is 0.781. The lowest BCUT2D eigenvalue weighted by Crippen LogP contribution is -2.33. The minimum atomic E-state index is -4.63. The molecule has 38 heavy (non-hydrogen) atoms. The van der Waals surface area contributed by atoms with Crippen LogP contribution in [0.15, 0.2) is 24.4 Å². The summed E-state index contributed by atoms with van der Waals surface area (Å²) in [6, 6.07) is 5.79. The van der Waals surface area contributed by atoms with E-state index in [0.717, 1.165) is 18.2 Å². The van der Waals surface area contributed by atoms with Gasteiger partial charge in [0.2, 0.25) is 0 Å². The Morgan fingerprint density at radius 1 is 0.711 bits per heavy atom. The molecule has 2 aromatic rings. The molecule has 1 aromatic heterocycles. The quantitative estimate of drug-likeness (QED) is 0.143. The van der Waals surface area contributed by atoms with E-state index in [1.165, 1.54) is 132 Å². The maximum atomic E-state index is 12.6. The molecular weight excluding hydrogens is 485 g/mol. The Kier molecular flexibility index (Phi) is 16.7. The van der Waals surface area contributed by atoms with Gasteiger partial charge < -0.3 is 5.11 Å². The topological polar surface area (TPSA) is 38.0 Å². The summed E-state index contributed by atoms with van der Waals surface area (Å²) in [7, 11) is 0. The highest BCUT2D eigenvalue weighted by atomic mass is 19.4. The molecule has 0 amide bonds. The highest BCUT2D eigenvalue weighted by molar-refractivity contribution is 5.79. The van der Waals surface area contributed by atoms with Gasteiger partial charge in [-0.15, -0.1) is 0 Å². The molecule has 0 spiro atoms. The number of halogens is 3. The Morgan fingerprint density at radius 2 is 1.16 bits per heavy atom. The number of rotatable bonds is 23. The molecular formula is C32H53F3N2O. The van der Waals surface area contributed by atoms with Gasteiger partial charge in [0.25, 0.3) is 0 Å². The minimum absolute atomic E-state index is 0.578. The number of unbranched alkanes of at least 4 members (excludes halogenated alkanes) is 19. The first-order chi connectivity index (χ1) is 18.4. The molecule has 0 bridgehead atoms. The van der Waals surface area contributed by atoms with Gasteiger partial charge in [-0.25, -0.2) is 0 Å². The second-order valence-corrected chi connectivity index (χ2v) is 11.2. The van der Waals surface area contributed by atoms with Gasteiger partial charge in [-0.1, -0.05) is 135 Å². The zero-order valence-electron chi connectivity index (χ0n) is 23.9. The molecule has 6 heteroatoms. The number of fused-ring (bicyclic) bond motifs is 1. The second-order valence-electron chi connectivity index (χ2n) is 11.2. The molecule has 0 aliphatic rings. The fourth-order valence-corrected chi connectivity index (χ4v) is 5.29. The minimum Gasteiger partial charge on any atom is -0.382 e. The number of benzene rings is 1. The van der Waals surface area contributed by atoms with E-state index in [1.54, 1.807) is 6.20 Å². The van der Waals surface area contributed by atoms with Crippen molar-refractivity contribution in [2.24, 2.45) is 0 Å². The van der Waals surface area contributed by atoms with Crippen LogP contribution < -0.4 is 0 Å². The molecule has 0 saturated heterocycles. The number of aromatic nitrogens is 2. The Bertz CT molecular complexity index is 849. The van der Waals surface area contributed by atoms with Crippen LogP contribution in [0.25, 0.3) is 10.9 Å². The average molecular weight is 539 g/mol. The van der Waals surface area contributed by atoms with Crippen LogP contribution in [0.5, 0.6) is 0 Å². The number of hydrogen-bond acceptors (Lipinski definition) is 2. The number of nitrogens with zero attached hydrogens (tertiary/aromatic N) is 2. The third-order valence-corrected chi connectivity index (χ3v) is 7.75. The van der Waals surface area contributed by atoms with E-state index < -0.39 is 18.8 Å². The lowest BCUT2D eigenvalue weighted by Gasteiger charge is -2.14. The van der Waals surface area contributed by atoms with Crippen molar-refractivity contribution in [3.63, 3.8) is 0 Å². The predicted molar refractivity (Wildman–Crippen MR) is 154 cm³/mol. The van der Waals surface area contributed by atoms with Crippen LogP contribution in [0.2, 0.25) is 0 Å². The molecule has 218 valence electrons. The van der Waals surface area contributed by atoms with Gasteiger partial charge in [0.1, 0.15) is 0 Å². The molecule has 0 aliphatic heterocycles. The fourth-order valence-electron chi connectivity index (χ4n) is 5.29. The van der Waals surface area contributed by atoms with Gasteiger partial charge >= 0.3 is 6.18 Å². The lowest BCUT2D eigenvalue weighted by molar-refractivity contribution is -0.207. The number of aliphatic hydroxyl groups is 1. The van der Waals surface area contributed by atoms with Crippen LogP contribution in [0.1, 0.15) is 141 Å². The second kappa shape index (κ2) is 19.5. The molecule has 1 heterocycles. The van der Waals surface area contributed by atoms with Crippen molar-refractivity contribution >= 4 is 10.9 Å². The first kappa shape index (κ1) is 32.7. The molecule has 0 saturated carbocycles. The van der Waals surface area contributed by atoms with Crippen LogP contribution in [-0.4, -0.2) is 27.2 Å². The Morgan fingerprint density at radius 3 is 1.61 bits per heavy atom. The molecule has 0 fully saturated rings. The first-order valence-corrected chi connectivity index (χ1v) is 15.6. The number of aryl methyl sites for hydroxylation is 1. The van der Waals surface area contributed by atoms with Gasteiger partial charge in [-0.05, 0) is 30.5 Å². The number of hydrogen-bond donors (Lipinski definition) is 1. The molecule has 3 nitrogen and oxygen atoms in total. The van der Waals surface area contributed by atoms with Crippen molar-refractivity contribution in [2.75, 3.05) is 0 Å². The maximum absolute atomic E-state index is 12.6. The van der Waals surface area contributed by atoms with Crippen LogP contribution in [0, 0.1) is 0 Å². The number of aliphatic hydroxyl groups excluding tert-OH is 1. The summed E-state index contributed by atoms with van der Waals surface area (Å²) in [5.74, 6) is 0. The van der Waals surface area contributed by atoms with Crippen molar-refractivity contribution in [1.29, 1.82) is 0 Å². The Hall–Kier alpha value is -1.56. The van der Waals surface area contributed by atoms with Crippen molar-refractivity contribution in [1.82, 2.24) is 9.78 Å². The smallest absolute Gasteiger partial charge is 0.382 e. The van der Waals surface area contributed by atoms with E-state index in [1.807, 2.05) is 18.2 Å². The van der Waals surface area contributed by atoms with Crippen LogP contribution in [0.4, 0.5) is 13.2 Å². The summed E-state index contributed by atoms with van der Waals surface area (Å²) in [6.07, 6.45) is 23.0. The molecule has 1 atom stereocenters. The van der Waals surface area contributed by atoms with Crippen LogP contribution in [0.3, 0.4) is 0 Å². The highest BCUT2D eigenvalue weighted by Crippen LogP contribution is 2.24. The SMILES string of the molecule is CCCCCCCCCCCCCCCCCCCCCCc1ccc2c(cnn2C[C@H](O)C(F)(F)F)c1. The summed E-state index contributed by atoms with van der Waals surface area (Å²) >= 11 is 0. The number of alkyl halides is 3. The largest absolute Gasteiger partial charge is 0.416 e. The molecule has 0 aliphatic carbocycles. The summed E-state index contributed by atoms with van der Waals surface area (Å²) in [4.78, 5) is 0. The van der Waals surface area contributed by atoms with Gasteiger partial charge in [0.05, 0.1) is 18.3 Å². The summed E-state index contributed by atoms with van der Waals surface area (Å²) in [5, 5.41) is 14.2. The summed E-state index contributed by atoms with van der Waals surface area (Å²) < 4.78 is 39.1. The Balaban J connectivity index is 1.40. The molecule has 1 aromatic carbocycles. The van der Waals surface area contributed by atoms with Gasteiger partial charge in [0.15, 0.2) is 6.10 Å². The summed E-state index contributed by atoms with van der Waals surface area (Å²) in [6.45, 7) is 1.70. The van der Waals surface area contributed by atoms with Gasteiger partial charge in [-0.3, -0.25) is 4.68 Å². The van der Waals surface area contributed by atoms with Crippen LogP contribution in [-0.2, 0) is 13.0 Å². The maximum Gasteiger partial charge on any atom is 0.416 e. The average Bonchev–Trinajstić information content (AvgIpc) is 3.28. The summed E-state index contributed by atoms with van der Waals surface area (Å²) in [5.41, 5.74) is 1.82. The highest BCUT2D eigenvalue weighted by Gasteiger charge is 2.38. The van der Waals surface area contributed by atoms with E-state index >= 15 is 0 Å². The van der Waals surface area contributed by atoms with E-state index in [0.29, 0.717) is 5.52 Å². The zero-order valence-corrected chi connectivity index (χ0v) is 23.9. The van der Waals surface area contributed by atoms with Crippen molar-refractivity contribution < 1.29 is 18.3 Å². The van der Waals surface area contributed by atoms with Gasteiger partial charge in [0, 0.05) is 5.39 Å². The predicted octanol–water partition coefficient (Wildman–Crippen LogP) is 10.3. The monoisotopic (exact) mass is 538 g/mol. The van der Waals surface area contributed by atoms with Crippen molar-refractivity contribution in [3.05, 3.63) is 30.0 Å². The van der Waals surface area contributed by atoms with E-state index in [2.05, 4.69) is 12.0 Å². The molecule has 2 rings (SSSR count). The van der Waals surface area contributed by atoms with E-state index in [9.17, 15) is 18.3 Å². The third kappa shape index (κ3) is 14.0. The lowest BCUT2D eigenvalue weighted by atomic mass is 10.0. The molecule has 1 N–H and O–H groups in total. The van der Waals surface area contributed by atoms with E-state index in [-0.39, 0.29) is 0 Å². The van der Waals surface area contributed by atoms with Crippen molar-refractivity contribution in [3.8, 4) is 0 Å².